The second-order valence-electron chi connectivity index (χ2n) is 6.71. The van der Waals surface area contributed by atoms with Crippen LogP contribution in [0.5, 0.6) is 5.75 Å². The molecule has 0 radical (unpaired) electrons. The summed E-state index contributed by atoms with van der Waals surface area (Å²) < 4.78 is 6.83. The second-order valence-corrected chi connectivity index (χ2v) is 7.67. The van der Waals surface area contributed by atoms with Crippen LogP contribution in [0.2, 0.25) is 0 Å². The molecule has 1 amide bonds. The van der Waals surface area contributed by atoms with Crippen LogP contribution in [0.3, 0.4) is 0 Å². The van der Waals surface area contributed by atoms with E-state index in [9.17, 15) is 4.79 Å². The van der Waals surface area contributed by atoms with Crippen LogP contribution in [0.1, 0.15) is 11.1 Å². The van der Waals surface area contributed by atoms with Crippen LogP contribution in [0, 0.1) is 13.8 Å². The molecule has 0 aliphatic heterocycles. The first-order chi connectivity index (χ1) is 14.5. The van der Waals surface area contributed by atoms with Crippen LogP contribution < -0.4 is 10.1 Å². The van der Waals surface area contributed by atoms with Gasteiger partial charge in [0.25, 0.3) is 0 Å². The number of amides is 1. The van der Waals surface area contributed by atoms with Crippen LogP contribution >= 0.6 is 11.8 Å². The number of aromatic nitrogens is 5. The van der Waals surface area contributed by atoms with Crippen molar-refractivity contribution in [2.75, 3.05) is 18.2 Å². The fourth-order valence-corrected chi connectivity index (χ4v) is 3.65. The zero-order valence-corrected chi connectivity index (χ0v) is 17.6. The highest BCUT2D eigenvalue weighted by Crippen LogP contribution is 2.25. The van der Waals surface area contributed by atoms with E-state index in [1.165, 1.54) is 18.1 Å². The number of benzene rings is 2. The van der Waals surface area contributed by atoms with E-state index in [0.29, 0.717) is 16.2 Å². The number of anilines is 1. The third kappa shape index (κ3) is 4.11. The van der Waals surface area contributed by atoms with E-state index in [2.05, 4.69) is 25.6 Å². The first-order valence-electron chi connectivity index (χ1n) is 9.26. The van der Waals surface area contributed by atoms with Gasteiger partial charge in [-0.3, -0.25) is 4.79 Å². The van der Waals surface area contributed by atoms with Crippen molar-refractivity contribution in [2.24, 2.45) is 0 Å². The average Bonchev–Trinajstić information content (AvgIpc) is 3.19. The van der Waals surface area contributed by atoms with Crippen LogP contribution in [0.4, 0.5) is 5.69 Å². The highest BCUT2D eigenvalue weighted by atomic mass is 32.2. The number of methoxy groups -OCH3 is 1. The number of carbonyl (C=O) groups is 1. The van der Waals surface area contributed by atoms with Gasteiger partial charge in [-0.25, -0.2) is 9.97 Å². The third-order valence-electron chi connectivity index (χ3n) is 4.53. The predicted molar refractivity (Wildman–Crippen MR) is 116 cm³/mol. The summed E-state index contributed by atoms with van der Waals surface area (Å²) in [4.78, 5) is 21.1. The molecule has 0 saturated carbocycles. The number of rotatable bonds is 6. The van der Waals surface area contributed by atoms with Crippen molar-refractivity contribution < 1.29 is 9.53 Å². The minimum atomic E-state index is -0.108. The van der Waals surface area contributed by atoms with Gasteiger partial charge in [-0.1, -0.05) is 29.1 Å². The smallest absolute Gasteiger partial charge is 0.234 e. The number of aryl methyl sites for hydroxylation is 2. The lowest BCUT2D eigenvalue weighted by atomic mass is 10.1. The lowest BCUT2D eigenvalue weighted by molar-refractivity contribution is -0.113. The van der Waals surface area contributed by atoms with Crippen molar-refractivity contribution in [3.63, 3.8) is 0 Å². The SMILES string of the molecule is COc1ccc(-n2nnc3c(SCC(=O)Nc4cc(C)ccc4C)ncnc32)cc1. The highest BCUT2D eigenvalue weighted by molar-refractivity contribution is 8.00. The van der Waals surface area contributed by atoms with E-state index >= 15 is 0 Å². The number of nitrogens with zero attached hydrogens (tertiary/aromatic N) is 5. The minimum absolute atomic E-state index is 0.108. The molecule has 152 valence electrons. The summed E-state index contributed by atoms with van der Waals surface area (Å²) in [6.45, 7) is 3.96. The molecule has 1 N–H and O–H groups in total. The largest absolute Gasteiger partial charge is 0.497 e. The molecular weight excluding hydrogens is 400 g/mol. The molecule has 30 heavy (non-hydrogen) atoms. The molecule has 0 aliphatic rings. The first kappa shape index (κ1) is 19.8. The van der Waals surface area contributed by atoms with Crippen molar-refractivity contribution in [2.45, 2.75) is 18.9 Å². The number of ether oxygens (including phenoxy) is 1. The Labute approximate surface area is 177 Å². The molecule has 0 unspecified atom stereocenters. The molecule has 4 aromatic rings. The normalized spacial score (nSPS) is 10.9. The molecule has 0 bridgehead atoms. The molecule has 8 nitrogen and oxygen atoms in total. The summed E-state index contributed by atoms with van der Waals surface area (Å²) in [6.07, 6.45) is 1.46. The molecule has 0 spiro atoms. The second kappa shape index (κ2) is 8.50. The lowest BCUT2D eigenvalue weighted by Crippen LogP contribution is -2.15. The summed E-state index contributed by atoms with van der Waals surface area (Å²) in [5.41, 5.74) is 4.87. The fraction of sp³-hybridized carbons (Fsp3) is 0.190. The Morgan fingerprint density at radius 2 is 1.93 bits per heavy atom. The van der Waals surface area contributed by atoms with Gasteiger partial charge in [-0.2, -0.15) is 4.68 Å². The highest BCUT2D eigenvalue weighted by Gasteiger charge is 2.15. The van der Waals surface area contributed by atoms with Crippen LogP contribution in [0.25, 0.3) is 16.9 Å². The summed E-state index contributed by atoms with van der Waals surface area (Å²) >= 11 is 1.30. The van der Waals surface area contributed by atoms with E-state index in [1.54, 1.807) is 11.8 Å². The van der Waals surface area contributed by atoms with E-state index in [1.807, 2.05) is 56.3 Å². The molecule has 0 atom stereocenters. The number of carbonyl (C=O) groups excluding carboxylic acids is 1. The maximum Gasteiger partial charge on any atom is 0.234 e. The standard InChI is InChI=1S/C21H20N6O2S/c1-13-4-5-14(2)17(10-13)24-18(28)11-30-21-19-20(22-12-23-21)27(26-25-19)15-6-8-16(29-3)9-7-15/h4-10,12H,11H2,1-3H3,(H,24,28). The molecule has 0 saturated heterocycles. The molecule has 9 heteroatoms. The monoisotopic (exact) mass is 420 g/mol. The number of hydrogen-bond acceptors (Lipinski definition) is 7. The van der Waals surface area contributed by atoms with E-state index < -0.39 is 0 Å². The molecule has 0 aliphatic carbocycles. The number of thioether (sulfide) groups is 1. The Hall–Kier alpha value is -3.46. The summed E-state index contributed by atoms with van der Waals surface area (Å²) in [5.74, 6) is 0.849. The third-order valence-corrected chi connectivity index (χ3v) is 5.51. The quantitative estimate of drug-likeness (QED) is 0.376. The van der Waals surface area contributed by atoms with Crippen molar-refractivity contribution in [3.8, 4) is 11.4 Å². The lowest BCUT2D eigenvalue weighted by Gasteiger charge is -2.09. The van der Waals surface area contributed by atoms with Crippen LogP contribution in [-0.2, 0) is 4.79 Å². The predicted octanol–water partition coefficient (Wildman–Crippen LogP) is 3.57. The van der Waals surface area contributed by atoms with Gasteiger partial charge in [0.1, 0.15) is 17.1 Å². The summed E-state index contributed by atoms with van der Waals surface area (Å²) in [6, 6.07) is 13.4. The van der Waals surface area contributed by atoms with Crippen molar-refractivity contribution in [3.05, 3.63) is 59.9 Å². The van der Waals surface area contributed by atoms with Gasteiger partial charge in [0.2, 0.25) is 5.91 Å². The zero-order valence-electron chi connectivity index (χ0n) is 16.8. The fourth-order valence-electron chi connectivity index (χ4n) is 2.92. The van der Waals surface area contributed by atoms with Gasteiger partial charge >= 0.3 is 0 Å². The topological polar surface area (TPSA) is 94.8 Å². The molecule has 2 aromatic carbocycles. The van der Waals surface area contributed by atoms with E-state index in [0.717, 1.165) is 28.3 Å². The Morgan fingerprint density at radius 1 is 1.13 bits per heavy atom. The summed E-state index contributed by atoms with van der Waals surface area (Å²) in [7, 11) is 1.62. The minimum Gasteiger partial charge on any atom is -0.497 e. The Bertz CT molecular complexity index is 1210. The van der Waals surface area contributed by atoms with E-state index in [4.69, 9.17) is 4.74 Å². The maximum atomic E-state index is 12.4. The van der Waals surface area contributed by atoms with Gasteiger partial charge in [0.15, 0.2) is 11.2 Å². The summed E-state index contributed by atoms with van der Waals surface area (Å²) in [5, 5.41) is 12.0. The van der Waals surface area contributed by atoms with Gasteiger partial charge in [-0.15, -0.1) is 5.10 Å². The zero-order chi connectivity index (χ0) is 21.1. The van der Waals surface area contributed by atoms with Gasteiger partial charge in [0.05, 0.1) is 18.6 Å². The Morgan fingerprint density at radius 3 is 2.70 bits per heavy atom. The molecule has 2 heterocycles. The van der Waals surface area contributed by atoms with Crippen molar-refractivity contribution in [1.82, 2.24) is 25.0 Å². The van der Waals surface area contributed by atoms with Crippen molar-refractivity contribution >= 4 is 34.5 Å². The van der Waals surface area contributed by atoms with Crippen LogP contribution in [-0.4, -0.2) is 43.7 Å². The van der Waals surface area contributed by atoms with Gasteiger partial charge in [0, 0.05) is 5.69 Å². The van der Waals surface area contributed by atoms with Gasteiger partial charge < -0.3 is 10.1 Å². The number of nitrogens with one attached hydrogen (secondary N) is 1. The molecule has 2 aromatic heterocycles. The number of hydrogen-bond donors (Lipinski definition) is 1. The maximum absolute atomic E-state index is 12.4. The molecule has 0 fully saturated rings. The first-order valence-corrected chi connectivity index (χ1v) is 10.2. The van der Waals surface area contributed by atoms with Gasteiger partial charge in [-0.05, 0) is 55.3 Å². The average molecular weight is 420 g/mol. The molecular formula is C21H20N6O2S. The number of fused-ring (bicyclic) bond motifs is 1. The Kier molecular flexibility index (Phi) is 5.62. The molecule has 4 rings (SSSR count). The van der Waals surface area contributed by atoms with Crippen LogP contribution in [0.15, 0.2) is 53.8 Å². The Balaban J connectivity index is 1.51. The van der Waals surface area contributed by atoms with Crippen molar-refractivity contribution in [1.29, 1.82) is 0 Å². The van der Waals surface area contributed by atoms with E-state index in [-0.39, 0.29) is 11.7 Å².